The van der Waals surface area contributed by atoms with Crippen LogP contribution in [0.3, 0.4) is 0 Å². The van der Waals surface area contributed by atoms with Crippen molar-refractivity contribution in [1.82, 2.24) is 4.57 Å². The number of fused-ring (bicyclic) bond motifs is 3. The minimum absolute atomic E-state index is 0.00810. The van der Waals surface area contributed by atoms with Crippen LogP contribution in [-0.2, 0) is 5.41 Å². The molecule has 0 saturated carbocycles. The van der Waals surface area contributed by atoms with Gasteiger partial charge in [0.05, 0.1) is 16.7 Å². The van der Waals surface area contributed by atoms with E-state index in [1.807, 2.05) is 0 Å². The lowest BCUT2D eigenvalue weighted by Gasteiger charge is -2.25. The first-order chi connectivity index (χ1) is 17.5. The van der Waals surface area contributed by atoms with Gasteiger partial charge in [-0.3, -0.25) is 0 Å². The quantitative estimate of drug-likeness (QED) is 0.274. The maximum atomic E-state index is 3.80. The minimum Gasteiger partial charge on any atom is -0.355 e. The molecule has 6 aromatic rings. The molecule has 36 heavy (non-hydrogen) atoms. The van der Waals surface area contributed by atoms with E-state index in [1.54, 1.807) is 0 Å². The highest BCUT2D eigenvalue weighted by Crippen LogP contribution is 2.43. The van der Waals surface area contributed by atoms with Crippen LogP contribution >= 0.6 is 0 Å². The van der Waals surface area contributed by atoms with Gasteiger partial charge in [0.25, 0.3) is 0 Å². The van der Waals surface area contributed by atoms with Crippen molar-refractivity contribution in [3.05, 3.63) is 127 Å². The molecule has 6 rings (SSSR count). The zero-order chi connectivity index (χ0) is 24.7. The zero-order valence-corrected chi connectivity index (χ0v) is 21.0. The van der Waals surface area contributed by atoms with Gasteiger partial charge in [-0.05, 0) is 58.5 Å². The smallest absolute Gasteiger partial charge is 0.0562 e. The number of benzene rings is 5. The highest BCUT2D eigenvalue weighted by molar-refractivity contribution is 6.16. The lowest BCUT2D eigenvalue weighted by atomic mass is 9.84. The van der Waals surface area contributed by atoms with Crippen LogP contribution in [0.5, 0.6) is 0 Å². The van der Waals surface area contributed by atoms with E-state index in [0.29, 0.717) is 0 Å². The molecular weight excluding hydrogens is 436 g/mol. The molecule has 0 bridgehead atoms. The maximum absolute atomic E-state index is 3.80. The lowest BCUT2D eigenvalue weighted by Crippen LogP contribution is -2.14. The predicted octanol–water partition coefficient (Wildman–Crippen LogP) is 9.49. The molecule has 5 aromatic carbocycles. The van der Waals surface area contributed by atoms with Crippen molar-refractivity contribution in [2.75, 3.05) is 5.32 Å². The Morgan fingerprint density at radius 3 is 1.86 bits per heavy atom. The third-order valence-electron chi connectivity index (χ3n) is 6.92. The average Bonchev–Trinajstić information content (AvgIpc) is 3.24. The number of anilines is 2. The first-order valence-electron chi connectivity index (χ1n) is 12.6. The van der Waals surface area contributed by atoms with Crippen molar-refractivity contribution in [1.29, 1.82) is 0 Å². The maximum Gasteiger partial charge on any atom is 0.0562 e. The molecule has 2 nitrogen and oxygen atoms in total. The summed E-state index contributed by atoms with van der Waals surface area (Å²) < 4.78 is 2.39. The number of nitrogens with zero attached hydrogens (tertiary/aromatic N) is 1. The fraction of sp³-hybridized carbons (Fsp3) is 0.118. The molecule has 0 aliphatic rings. The van der Waals surface area contributed by atoms with Gasteiger partial charge < -0.3 is 9.88 Å². The van der Waals surface area contributed by atoms with Crippen LogP contribution in [0.2, 0.25) is 0 Å². The average molecular weight is 467 g/mol. The fourth-order valence-electron chi connectivity index (χ4n) is 5.19. The summed E-state index contributed by atoms with van der Waals surface area (Å²) in [7, 11) is 0. The van der Waals surface area contributed by atoms with E-state index in [9.17, 15) is 0 Å². The van der Waals surface area contributed by atoms with E-state index in [1.165, 1.54) is 44.2 Å². The van der Waals surface area contributed by atoms with Crippen molar-refractivity contribution in [2.45, 2.75) is 26.2 Å². The zero-order valence-electron chi connectivity index (χ0n) is 21.0. The Hall–Kier alpha value is -4.30. The Kier molecular flexibility index (Phi) is 5.38. The standard InChI is InChI=1S/C34H30N2/c1-34(2,3)29-22-23-31-32(33(29)35-26-14-8-5-9-15-26)28-16-10-11-17-30(28)36(31)27-20-18-25(19-21-27)24-12-6-4-7-13-24/h4-23,35H,1-3H3. The first-order valence-corrected chi connectivity index (χ1v) is 12.6. The molecule has 1 aromatic heterocycles. The Balaban J connectivity index is 1.61. The number of nitrogens with one attached hydrogen (secondary N) is 1. The Bertz CT molecular complexity index is 1650. The second-order valence-corrected chi connectivity index (χ2v) is 10.4. The Labute approximate surface area is 212 Å². The van der Waals surface area contributed by atoms with Gasteiger partial charge >= 0.3 is 0 Å². The predicted molar refractivity (Wildman–Crippen MR) is 155 cm³/mol. The lowest BCUT2D eigenvalue weighted by molar-refractivity contribution is 0.593. The van der Waals surface area contributed by atoms with Crippen molar-refractivity contribution in [2.24, 2.45) is 0 Å². The second-order valence-electron chi connectivity index (χ2n) is 10.4. The molecule has 176 valence electrons. The van der Waals surface area contributed by atoms with Crippen LogP contribution in [0.4, 0.5) is 11.4 Å². The Morgan fingerprint density at radius 1 is 0.556 bits per heavy atom. The van der Waals surface area contributed by atoms with Crippen molar-refractivity contribution < 1.29 is 0 Å². The molecule has 0 radical (unpaired) electrons. The molecule has 0 unspecified atom stereocenters. The van der Waals surface area contributed by atoms with E-state index in [0.717, 1.165) is 11.4 Å². The van der Waals surface area contributed by atoms with Gasteiger partial charge in [0.1, 0.15) is 0 Å². The van der Waals surface area contributed by atoms with E-state index in [-0.39, 0.29) is 5.41 Å². The molecule has 0 saturated heterocycles. The van der Waals surface area contributed by atoms with Gasteiger partial charge in [-0.2, -0.15) is 0 Å². The van der Waals surface area contributed by atoms with Crippen molar-refractivity contribution >= 4 is 33.2 Å². The molecule has 0 aliphatic heterocycles. The normalized spacial score (nSPS) is 11.8. The van der Waals surface area contributed by atoms with Crippen LogP contribution in [0, 0.1) is 0 Å². The number of aromatic nitrogens is 1. The SMILES string of the molecule is CC(C)(C)c1ccc2c(c1Nc1ccccc1)c1ccccc1n2-c1ccc(-c2ccccc2)cc1. The largest absolute Gasteiger partial charge is 0.355 e. The number of para-hydroxylation sites is 2. The summed E-state index contributed by atoms with van der Waals surface area (Å²) in [5.74, 6) is 0. The molecule has 0 amide bonds. The van der Waals surface area contributed by atoms with Crippen LogP contribution in [0.25, 0.3) is 38.6 Å². The summed E-state index contributed by atoms with van der Waals surface area (Å²) in [5, 5.41) is 6.31. The van der Waals surface area contributed by atoms with Crippen LogP contribution in [0.1, 0.15) is 26.3 Å². The van der Waals surface area contributed by atoms with E-state index in [2.05, 4.69) is 152 Å². The van der Waals surface area contributed by atoms with Gasteiger partial charge in [-0.25, -0.2) is 0 Å². The van der Waals surface area contributed by atoms with Gasteiger partial charge in [0.15, 0.2) is 0 Å². The highest BCUT2D eigenvalue weighted by Gasteiger charge is 2.24. The molecule has 0 aliphatic carbocycles. The Morgan fingerprint density at radius 2 is 1.17 bits per heavy atom. The first kappa shape index (κ1) is 22.2. The summed E-state index contributed by atoms with van der Waals surface area (Å²) in [6.07, 6.45) is 0. The van der Waals surface area contributed by atoms with Gasteiger partial charge in [0, 0.05) is 22.1 Å². The second kappa shape index (κ2) is 8.73. The molecule has 2 heteroatoms. The molecule has 1 N–H and O–H groups in total. The number of rotatable bonds is 4. The van der Waals surface area contributed by atoms with E-state index < -0.39 is 0 Å². The number of hydrogen-bond acceptors (Lipinski definition) is 1. The summed E-state index contributed by atoms with van der Waals surface area (Å²) in [5.41, 5.74) is 9.61. The molecule has 0 spiro atoms. The topological polar surface area (TPSA) is 17.0 Å². The van der Waals surface area contributed by atoms with Crippen LogP contribution < -0.4 is 5.32 Å². The molecule has 0 fully saturated rings. The summed E-state index contributed by atoms with van der Waals surface area (Å²) in [6.45, 7) is 6.85. The molecule has 1 heterocycles. The summed E-state index contributed by atoms with van der Waals surface area (Å²) >= 11 is 0. The highest BCUT2D eigenvalue weighted by atomic mass is 15.0. The van der Waals surface area contributed by atoms with Gasteiger partial charge in [-0.15, -0.1) is 0 Å². The van der Waals surface area contributed by atoms with Crippen LogP contribution in [0.15, 0.2) is 121 Å². The van der Waals surface area contributed by atoms with Gasteiger partial charge in [0.2, 0.25) is 0 Å². The molecular formula is C34H30N2. The van der Waals surface area contributed by atoms with E-state index >= 15 is 0 Å². The number of hydrogen-bond donors (Lipinski definition) is 1. The van der Waals surface area contributed by atoms with Crippen molar-refractivity contribution in [3.63, 3.8) is 0 Å². The third-order valence-corrected chi connectivity index (χ3v) is 6.92. The third kappa shape index (κ3) is 3.85. The molecule has 0 atom stereocenters. The monoisotopic (exact) mass is 466 g/mol. The van der Waals surface area contributed by atoms with Crippen molar-refractivity contribution in [3.8, 4) is 16.8 Å². The van der Waals surface area contributed by atoms with E-state index in [4.69, 9.17) is 0 Å². The summed E-state index contributed by atoms with van der Waals surface area (Å²) in [6, 6.07) is 43.3. The fourth-order valence-corrected chi connectivity index (χ4v) is 5.19. The minimum atomic E-state index is -0.00810. The van der Waals surface area contributed by atoms with Gasteiger partial charge in [-0.1, -0.05) is 106 Å². The summed E-state index contributed by atoms with van der Waals surface area (Å²) in [4.78, 5) is 0. The van der Waals surface area contributed by atoms with Crippen LogP contribution in [-0.4, -0.2) is 4.57 Å².